The zero-order valence-corrected chi connectivity index (χ0v) is 23.4. The van der Waals surface area contributed by atoms with Gasteiger partial charge in [0, 0.05) is 35.9 Å². The molecule has 2 aromatic carbocycles. The molecule has 2 atom stereocenters. The van der Waals surface area contributed by atoms with Crippen LogP contribution in [0.3, 0.4) is 0 Å². The lowest BCUT2D eigenvalue weighted by atomic mass is 9.71. The average molecular weight is 588 g/mol. The molecule has 0 saturated carbocycles. The van der Waals surface area contributed by atoms with Gasteiger partial charge >= 0.3 is 5.97 Å². The number of carbonyl (C=O) groups excluding carboxylic acids is 2. The maximum absolute atomic E-state index is 14.1. The molecule has 38 heavy (non-hydrogen) atoms. The molecule has 0 aromatic heterocycles. The van der Waals surface area contributed by atoms with Crippen LogP contribution in [0.1, 0.15) is 49.7 Å². The van der Waals surface area contributed by atoms with Crippen LogP contribution in [-0.4, -0.2) is 45.8 Å². The topological polar surface area (TPSA) is 83.1 Å². The van der Waals surface area contributed by atoms with E-state index in [1.165, 1.54) is 6.07 Å². The highest BCUT2D eigenvalue weighted by molar-refractivity contribution is 9.10. The third-order valence-electron chi connectivity index (χ3n) is 6.87. The Bertz CT molecular complexity index is 1300. The number of hydrogen-bond donors (Lipinski definition) is 1. The Kier molecular flexibility index (Phi) is 8.89. The van der Waals surface area contributed by atoms with E-state index in [-0.39, 0.29) is 35.8 Å². The van der Waals surface area contributed by atoms with E-state index in [0.717, 1.165) is 11.3 Å². The van der Waals surface area contributed by atoms with E-state index >= 15 is 0 Å². The van der Waals surface area contributed by atoms with Crippen LogP contribution < -0.4 is 14.8 Å². The van der Waals surface area contributed by atoms with Gasteiger partial charge in [-0.3, -0.25) is 4.79 Å². The predicted molar refractivity (Wildman–Crippen MR) is 144 cm³/mol. The average Bonchev–Trinajstić information content (AvgIpc) is 2.91. The monoisotopic (exact) mass is 587 g/mol. The highest BCUT2D eigenvalue weighted by Gasteiger charge is 2.41. The minimum absolute atomic E-state index is 0.0869. The lowest BCUT2D eigenvalue weighted by molar-refractivity contribution is -0.140. The Morgan fingerprint density at radius 1 is 1.05 bits per heavy atom. The third-order valence-corrected chi connectivity index (χ3v) is 7.48. The summed E-state index contributed by atoms with van der Waals surface area (Å²) >= 11 is 3.25. The molecule has 1 aliphatic heterocycles. The molecule has 0 unspecified atom stereocenters. The zero-order valence-electron chi connectivity index (χ0n) is 21.9. The highest BCUT2D eigenvalue weighted by Crippen LogP contribution is 2.47. The summed E-state index contributed by atoms with van der Waals surface area (Å²) in [5, 5.41) is 3.32. The number of esters is 1. The van der Waals surface area contributed by atoms with Crippen molar-refractivity contribution in [3.05, 3.63) is 80.4 Å². The van der Waals surface area contributed by atoms with Crippen LogP contribution in [0.4, 0.5) is 4.39 Å². The van der Waals surface area contributed by atoms with Crippen molar-refractivity contribution >= 4 is 27.7 Å². The molecule has 0 amide bonds. The maximum atomic E-state index is 14.1. The molecule has 9 heteroatoms. The fourth-order valence-electron chi connectivity index (χ4n) is 5.09. The van der Waals surface area contributed by atoms with Crippen LogP contribution in [0, 0.1) is 5.82 Å². The number of allylic oxidation sites excluding steroid dienone is 3. The molecule has 1 heterocycles. The summed E-state index contributed by atoms with van der Waals surface area (Å²) in [7, 11) is 3.15. The zero-order chi connectivity index (χ0) is 27.4. The Morgan fingerprint density at radius 2 is 1.79 bits per heavy atom. The molecule has 202 valence electrons. The smallest absolute Gasteiger partial charge is 0.336 e. The second-order valence-corrected chi connectivity index (χ2v) is 9.99. The van der Waals surface area contributed by atoms with Crippen LogP contribution in [0.5, 0.6) is 11.5 Å². The molecule has 0 spiro atoms. The van der Waals surface area contributed by atoms with Gasteiger partial charge in [-0.2, -0.15) is 0 Å². The summed E-state index contributed by atoms with van der Waals surface area (Å²) in [6, 6.07) is 10.2. The molecule has 1 N–H and O–H groups in total. The Labute approximate surface area is 230 Å². The lowest BCUT2D eigenvalue weighted by Gasteiger charge is -2.37. The molecule has 7 nitrogen and oxygen atoms in total. The van der Waals surface area contributed by atoms with Crippen molar-refractivity contribution in [1.82, 2.24) is 5.32 Å². The predicted octanol–water partition coefficient (Wildman–Crippen LogP) is 5.55. The number of dihydropyridines is 1. The summed E-state index contributed by atoms with van der Waals surface area (Å²) in [6.07, 6.45) is 0.806. The van der Waals surface area contributed by atoms with Crippen molar-refractivity contribution in [1.29, 1.82) is 0 Å². The van der Waals surface area contributed by atoms with Crippen molar-refractivity contribution in [2.45, 2.75) is 38.5 Å². The van der Waals surface area contributed by atoms with Crippen LogP contribution in [-0.2, 0) is 19.1 Å². The minimum atomic E-state index is -0.693. The molecule has 2 aromatic rings. The summed E-state index contributed by atoms with van der Waals surface area (Å²) in [5.41, 5.74) is 3.75. The van der Waals surface area contributed by atoms with Gasteiger partial charge in [0.2, 0.25) is 0 Å². The van der Waals surface area contributed by atoms with E-state index in [0.29, 0.717) is 46.9 Å². The fourth-order valence-corrected chi connectivity index (χ4v) is 5.49. The van der Waals surface area contributed by atoms with Gasteiger partial charge in [-0.15, -0.1) is 0 Å². The van der Waals surface area contributed by atoms with Crippen molar-refractivity contribution in [2.75, 3.05) is 34.0 Å². The first-order valence-electron chi connectivity index (χ1n) is 12.4. The maximum Gasteiger partial charge on any atom is 0.336 e. The molecule has 1 aliphatic carbocycles. The van der Waals surface area contributed by atoms with E-state index in [1.54, 1.807) is 33.3 Å². The molecule has 2 aliphatic rings. The SMILES string of the molecule is CCOCCOC(=O)C1=C(C)NC2=C(C(=O)C[C@@H](c3ccc(OC)c(OC)c3)C2)[C@H]1c1ccc(F)c(Br)c1. The number of methoxy groups -OCH3 is 2. The Hall–Kier alpha value is -3.17. The summed E-state index contributed by atoms with van der Waals surface area (Å²) in [4.78, 5) is 27.0. The number of ketones is 1. The summed E-state index contributed by atoms with van der Waals surface area (Å²) in [6.45, 7) is 4.52. The molecular weight excluding hydrogens is 557 g/mol. The van der Waals surface area contributed by atoms with E-state index in [9.17, 15) is 14.0 Å². The number of hydrogen-bond acceptors (Lipinski definition) is 7. The van der Waals surface area contributed by atoms with Crippen molar-refractivity contribution in [3.63, 3.8) is 0 Å². The minimum Gasteiger partial charge on any atom is -0.493 e. The number of rotatable bonds is 9. The number of benzene rings is 2. The molecule has 0 bridgehead atoms. The highest BCUT2D eigenvalue weighted by atomic mass is 79.9. The van der Waals surface area contributed by atoms with Gasteiger partial charge < -0.3 is 24.3 Å². The van der Waals surface area contributed by atoms with Gasteiger partial charge in [-0.1, -0.05) is 12.1 Å². The van der Waals surface area contributed by atoms with E-state index < -0.39 is 17.7 Å². The van der Waals surface area contributed by atoms with Crippen LogP contribution in [0.25, 0.3) is 0 Å². The number of ether oxygens (including phenoxy) is 4. The molecule has 0 saturated heterocycles. The van der Waals surface area contributed by atoms with Crippen molar-refractivity contribution in [3.8, 4) is 11.5 Å². The van der Waals surface area contributed by atoms with Crippen LogP contribution in [0.2, 0.25) is 0 Å². The van der Waals surface area contributed by atoms with Gasteiger partial charge in [-0.05, 0) is 77.5 Å². The Balaban J connectivity index is 1.73. The van der Waals surface area contributed by atoms with E-state index in [4.69, 9.17) is 18.9 Å². The number of nitrogens with one attached hydrogen (secondary N) is 1. The van der Waals surface area contributed by atoms with Crippen molar-refractivity contribution in [2.24, 2.45) is 0 Å². The first-order chi connectivity index (χ1) is 18.3. The molecular formula is C29H31BrFNO6. The van der Waals surface area contributed by atoms with Gasteiger partial charge in [0.25, 0.3) is 0 Å². The first kappa shape index (κ1) is 27.9. The summed E-state index contributed by atoms with van der Waals surface area (Å²) in [5.74, 6) is -0.638. The number of carbonyl (C=O) groups is 2. The normalized spacial score (nSPS) is 19.2. The van der Waals surface area contributed by atoms with Gasteiger partial charge in [-0.25, -0.2) is 9.18 Å². The molecule has 4 rings (SSSR count). The second kappa shape index (κ2) is 12.1. The van der Waals surface area contributed by atoms with Crippen LogP contribution >= 0.6 is 15.9 Å². The van der Waals surface area contributed by atoms with E-state index in [1.807, 2.05) is 25.1 Å². The molecule has 0 radical (unpaired) electrons. The van der Waals surface area contributed by atoms with E-state index in [2.05, 4.69) is 21.2 Å². The van der Waals surface area contributed by atoms with Gasteiger partial charge in [0.1, 0.15) is 12.4 Å². The largest absolute Gasteiger partial charge is 0.493 e. The van der Waals surface area contributed by atoms with Crippen LogP contribution in [0.15, 0.2) is 63.4 Å². The Morgan fingerprint density at radius 3 is 2.47 bits per heavy atom. The summed E-state index contributed by atoms with van der Waals surface area (Å²) < 4.78 is 36.0. The second-order valence-electron chi connectivity index (χ2n) is 9.14. The number of Topliss-reactive ketones (excluding diaryl/α,β-unsaturated/α-hetero) is 1. The fraction of sp³-hybridized carbons (Fsp3) is 0.379. The van der Waals surface area contributed by atoms with Crippen molar-refractivity contribution < 1.29 is 32.9 Å². The quantitative estimate of drug-likeness (QED) is 0.304. The van der Waals surface area contributed by atoms with Gasteiger partial charge in [0.05, 0.1) is 30.9 Å². The first-order valence-corrected chi connectivity index (χ1v) is 13.2. The lowest BCUT2D eigenvalue weighted by Crippen LogP contribution is -2.36. The van der Waals surface area contributed by atoms with Gasteiger partial charge in [0.15, 0.2) is 17.3 Å². The standard InChI is InChI=1S/C29H31BrFNO6/c1-5-37-10-11-38-29(34)26-16(2)32-22-13-19(17-7-9-24(35-3)25(15-17)36-4)14-23(33)28(22)27(26)18-6-8-21(31)20(30)12-18/h6-9,12,15,19,27,32H,5,10-11,13-14H2,1-4H3/t19-,27-/m0/s1. The number of halogens is 2. The third kappa shape index (κ3) is 5.63. The molecule has 0 fully saturated rings.